The first-order valence-electron chi connectivity index (χ1n) is 17.3. The Kier molecular flexibility index (Phi) is 6.02. The molecule has 1 aliphatic rings. The van der Waals surface area contributed by atoms with Crippen LogP contribution in [-0.4, -0.2) is 0 Å². The van der Waals surface area contributed by atoms with Crippen molar-refractivity contribution in [3.63, 3.8) is 0 Å². The van der Waals surface area contributed by atoms with E-state index in [1.165, 1.54) is 98.7 Å². The first kappa shape index (κ1) is 28.1. The predicted molar refractivity (Wildman–Crippen MR) is 210 cm³/mol. The highest BCUT2D eigenvalue weighted by Crippen LogP contribution is 2.50. The van der Waals surface area contributed by atoms with Crippen molar-refractivity contribution in [1.82, 2.24) is 0 Å². The molecule has 230 valence electrons. The lowest BCUT2D eigenvalue weighted by Crippen LogP contribution is -2.14. The summed E-state index contributed by atoms with van der Waals surface area (Å²) in [5.74, 6) is 0. The van der Waals surface area contributed by atoms with Crippen LogP contribution in [0.25, 0.3) is 87.6 Å². The molecule has 0 aromatic heterocycles. The second-order valence-electron chi connectivity index (χ2n) is 14.1. The second kappa shape index (κ2) is 10.5. The van der Waals surface area contributed by atoms with E-state index in [1.54, 1.807) is 0 Å². The molecule has 0 N–H and O–H groups in total. The molecule has 0 heteroatoms. The molecule has 0 spiro atoms. The van der Waals surface area contributed by atoms with Gasteiger partial charge in [-0.05, 0) is 123 Å². The Balaban J connectivity index is 1.27. The van der Waals surface area contributed by atoms with Gasteiger partial charge < -0.3 is 0 Å². The largest absolute Gasteiger partial charge is 0.0619 e. The summed E-state index contributed by atoms with van der Waals surface area (Å²) >= 11 is 0. The highest BCUT2D eigenvalue weighted by Gasteiger charge is 2.35. The molecule has 0 bridgehead atoms. The maximum Gasteiger partial charge on any atom is 0.0159 e. The molecule has 10 rings (SSSR count). The first-order valence-corrected chi connectivity index (χ1v) is 17.3. The molecular weight excluding hydrogens is 589 g/mol. The third-order valence-electron chi connectivity index (χ3n) is 11.0. The van der Waals surface area contributed by atoms with E-state index >= 15 is 0 Å². The minimum absolute atomic E-state index is 0.0471. The van der Waals surface area contributed by atoms with E-state index in [9.17, 15) is 0 Å². The molecule has 0 saturated carbocycles. The number of rotatable bonds is 3. The van der Waals surface area contributed by atoms with Gasteiger partial charge in [-0.15, -0.1) is 0 Å². The Hall–Kier alpha value is -5.98. The fourth-order valence-corrected chi connectivity index (χ4v) is 8.55. The van der Waals surface area contributed by atoms with E-state index in [1.807, 2.05) is 0 Å². The van der Waals surface area contributed by atoms with Crippen molar-refractivity contribution in [2.75, 3.05) is 0 Å². The Morgan fingerprint density at radius 1 is 0.306 bits per heavy atom. The van der Waals surface area contributed by atoms with Gasteiger partial charge >= 0.3 is 0 Å². The molecule has 0 unspecified atom stereocenters. The quantitative estimate of drug-likeness (QED) is 0.172. The van der Waals surface area contributed by atoms with Gasteiger partial charge in [0.2, 0.25) is 0 Å². The molecule has 0 fully saturated rings. The van der Waals surface area contributed by atoms with Crippen LogP contribution in [-0.2, 0) is 5.41 Å². The van der Waals surface area contributed by atoms with Crippen molar-refractivity contribution in [3.05, 3.63) is 181 Å². The van der Waals surface area contributed by atoms with Crippen molar-refractivity contribution in [3.8, 4) is 44.5 Å². The number of hydrogen-bond acceptors (Lipinski definition) is 0. The van der Waals surface area contributed by atoms with E-state index in [0.29, 0.717) is 0 Å². The maximum atomic E-state index is 2.45. The Morgan fingerprint density at radius 3 is 1.45 bits per heavy atom. The van der Waals surface area contributed by atoms with Crippen LogP contribution in [0.15, 0.2) is 170 Å². The van der Waals surface area contributed by atoms with Crippen molar-refractivity contribution in [1.29, 1.82) is 0 Å². The second-order valence-corrected chi connectivity index (χ2v) is 14.1. The Bertz CT molecular complexity index is 2800. The summed E-state index contributed by atoms with van der Waals surface area (Å²) in [4.78, 5) is 0. The standard InChI is InChI=1S/C49H34/c1-49(2)45-18-10-9-15-39(45)40-25-23-36(30-46(40)49)35-24-26-43-44(29-35)48(38-22-20-32-12-4-6-14-34(32)28-38)42-17-8-7-16-41(42)47(43)37-21-19-31-11-3-5-13-33(31)27-37/h3-30H,1-2H3. The van der Waals surface area contributed by atoms with Gasteiger partial charge in [-0.25, -0.2) is 0 Å². The molecule has 1 aliphatic carbocycles. The molecule has 49 heavy (non-hydrogen) atoms. The minimum Gasteiger partial charge on any atom is -0.0619 e. The summed E-state index contributed by atoms with van der Waals surface area (Å²) in [5.41, 5.74) is 13.0. The van der Waals surface area contributed by atoms with Crippen LogP contribution in [0, 0.1) is 0 Å². The average Bonchev–Trinajstić information content (AvgIpc) is 3.38. The fraction of sp³-hybridized carbons (Fsp3) is 0.0612. The number of benzene rings is 9. The Morgan fingerprint density at radius 2 is 0.776 bits per heavy atom. The van der Waals surface area contributed by atoms with Crippen LogP contribution in [0.2, 0.25) is 0 Å². The molecule has 0 aliphatic heterocycles. The van der Waals surface area contributed by atoms with E-state index < -0.39 is 0 Å². The van der Waals surface area contributed by atoms with Crippen LogP contribution in [0.3, 0.4) is 0 Å². The van der Waals surface area contributed by atoms with Gasteiger partial charge in [0.05, 0.1) is 0 Å². The highest BCUT2D eigenvalue weighted by atomic mass is 14.4. The molecule has 9 aromatic rings. The lowest BCUT2D eigenvalue weighted by molar-refractivity contribution is 0.660. The zero-order valence-electron chi connectivity index (χ0n) is 27.7. The highest BCUT2D eigenvalue weighted by molar-refractivity contribution is 6.22. The molecule has 0 heterocycles. The van der Waals surface area contributed by atoms with Gasteiger partial charge in [0.1, 0.15) is 0 Å². The molecule has 0 saturated heterocycles. The monoisotopic (exact) mass is 622 g/mol. The lowest BCUT2D eigenvalue weighted by atomic mass is 9.81. The van der Waals surface area contributed by atoms with E-state index in [4.69, 9.17) is 0 Å². The third-order valence-corrected chi connectivity index (χ3v) is 11.0. The van der Waals surface area contributed by atoms with Gasteiger partial charge in [-0.3, -0.25) is 0 Å². The average molecular weight is 623 g/mol. The summed E-state index contributed by atoms with van der Waals surface area (Å²) in [7, 11) is 0. The molecular formula is C49H34. The number of fused-ring (bicyclic) bond motifs is 7. The predicted octanol–water partition coefficient (Wildman–Crippen LogP) is 13.6. The van der Waals surface area contributed by atoms with Crippen molar-refractivity contribution in [2.45, 2.75) is 19.3 Å². The summed E-state index contributed by atoms with van der Waals surface area (Å²) in [6, 6.07) is 63.4. The summed E-state index contributed by atoms with van der Waals surface area (Å²) in [6.07, 6.45) is 0. The van der Waals surface area contributed by atoms with Crippen molar-refractivity contribution in [2.24, 2.45) is 0 Å². The molecule has 0 amide bonds. The van der Waals surface area contributed by atoms with E-state index in [-0.39, 0.29) is 5.41 Å². The van der Waals surface area contributed by atoms with Crippen LogP contribution in [0.1, 0.15) is 25.0 Å². The summed E-state index contributed by atoms with van der Waals surface area (Å²) < 4.78 is 0. The van der Waals surface area contributed by atoms with Crippen LogP contribution < -0.4 is 0 Å². The van der Waals surface area contributed by atoms with Gasteiger partial charge in [0.15, 0.2) is 0 Å². The first-order chi connectivity index (χ1) is 24.0. The van der Waals surface area contributed by atoms with Crippen LogP contribution >= 0.6 is 0 Å². The summed E-state index contributed by atoms with van der Waals surface area (Å²) in [6.45, 7) is 4.73. The maximum absolute atomic E-state index is 2.45. The van der Waals surface area contributed by atoms with E-state index in [0.717, 1.165) is 0 Å². The Labute approximate surface area is 286 Å². The smallest absolute Gasteiger partial charge is 0.0159 e. The topological polar surface area (TPSA) is 0 Å². The normalized spacial score (nSPS) is 13.3. The minimum atomic E-state index is -0.0471. The molecule has 0 atom stereocenters. The number of hydrogen-bond donors (Lipinski definition) is 0. The summed E-state index contributed by atoms with van der Waals surface area (Å²) in [5, 5.41) is 10.1. The van der Waals surface area contributed by atoms with Gasteiger partial charge in [-0.2, -0.15) is 0 Å². The molecule has 0 radical (unpaired) electrons. The zero-order chi connectivity index (χ0) is 32.7. The van der Waals surface area contributed by atoms with Gasteiger partial charge in [-0.1, -0.05) is 159 Å². The zero-order valence-corrected chi connectivity index (χ0v) is 27.7. The van der Waals surface area contributed by atoms with Crippen LogP contribution in [0.5, 0.6) is 0 Å². The molecule has 0 nitrogen and oxygen atoms in total. The van der Waals surface area contributed by atoms with Crippen molar-refractivity contribution < 1.29 is 0 Å². The van der Waals surface area contributed by atoms with Gasteiger partial charge in [0, 0.05) is 5.41 Å². The third kappa shape index (κ3) is 4.24. The van der Waals surface area contributed by atoms with E-state index in [2.05, 4.69) is 184 Å². The van der Waals surface area contributed by atoms with Crippen molar-refractivity contribution >= 4 is 43.1 Å². The lowest BCUT2D eigenvalue weighted by Gasteiger charge is -2.22. The fourth-order valence-electron chi connectivity index (χ4n) is 8.55. The van der Waals surface area contributed by atoms with Gasteiger partial charge in [0.25, 0.3) is 0 Å². The molecule has 9 aromatic carbocycles. The SMILES string of the molecule is CC1(C)c2ccccc2-c2ccc(-c3ccc4c(-c5ccc6ccccc6c5)c5ccccc5c(-c5ccc6ccccc6c5)c4c3)cc21. The van der Waals surface area contributed by atoms with Crippen LogP contribution in [0.4, 0.5) is 0 Å².